The number of rotatable bonds is 3. The first kappa shape index (κ1) is 20.9. The van der Waals surface area contributed by atoms with E-state index in [1.807, 2.05) is 0 Å². The van der Waals surface area contributed by atoms with E-state index in [4.69, 9.17) is 4.43 Å². The van der Waals surface area contributed by atoms with E-state index >= 15 is 0 Å². The van der Waals surface area contributed by atoms with Crippen molar-refractivity contribution in [2.45, 2.75) is 77.4 Å². The molecule has 0 N–H and O–H groups in total. The van der Waals surface area contributed by atoms with Crippen molar-refractivity contribution in [1.29, 1.82) is 0 Å². The molecule has 0 aromatic rings. The van der Waals surface area contributed by atoms with Crippen LogP contribution in [-0.2, 0) is 18.8 Å². The van der Waals surface area contributed by atoms with Gasteiger partial charge in [-0.05, 0) is 15.1 Å². The molecule has 0 aliphatic rings. The Kier molecular flexibility index (Phi) is 6.24. The molecule has 0 atom stereocenters. The summed E-state index contributed by atoms with van der Waals surface area (Å²) in [4.78, 5) is 23.5. The molecule has 0 bridgehead atoms. The van der Waals surface area contributed by atoms with Crippen molar-refractivity contribution in [2.24, 2.45) is 0 Å². The molecule has 0 saturated carbocycles. The van der Waals surface area contributed by atoms with Gasteiger partial charge in [-0.1, -0.05) is 62.3 Å². The lowest BCUT2D eigenvalue weighted by molar-refractivity contribution is -0.136. The minimum absolute atomic E-state index is 0.154. The summed E-state index contributed by atoms with van der Waals surface area (Å²) < 4.78 is 10.6. The summed E-state index contributed by atoms with van der Waals surface area (Å²) in [6.45, 7) is 19.2. The Morgan fingerprint density at radius 2 is 1.05 bits per heavy atom. The number of methoxy groups -OCH3 is 1. The van der Waals surface area contributed by atoms with Gasteiger partial charge in [0.2, 0.25) is 0 Å². The number of carbonyl (C=O) groups is 2. The maximum absolute atomic E-state index is 12.3. The van der Waals surface area contributed by atoms with Crippen LogP contribution in [0.5, 0.6) is 0 Å². The summed E-state index contributed by atoms with van der Waals surface area (Å²) in [5, 5.41) is -0.463. The highest BCUT2D eigenvalue weighted by molar-refractivity contribution is 6.83. The minimum atomic E-state index is -2.60. The molecule has 0 amide bonds. The second-order valence-corrected chi connectivity index (χ2v) is 14.8. The van der Waals surface area contributed by atoms with E-state index in [1.165, 1.54) is 7.11 Å². The molecule has 0 aliphatic carbocycles. The van der Waals surface area contributed by atoms with Crippen LogP contribution >= 0.6 is 0 Å². The van der Waals surface area contributed by atoms with Crippen molar-refractivity contribution < 1.29 is 18.8 Å². The molecule has 128 valence electrons. The Labute approximate surface area is 136 Å². The van der Waals surface area contributed by atoms with Gasteiger partial charge in [0.15, 0.2) is 0 Å². The monoisotopic (exact) mass is 328 g/mol. The quantitative estimate of drug-likeness (QED) is 0.431. The van der Waals surface area contributed by atoms with Crippen molar-refractivity contribution >= 4 is 20.3 Å². The maximum atomic E-state index is 12.3. The first-order valence-corrected chi connectivity index (χ1v) is 9.50. The van der Waals surface area contributed by atoms with Gasteiger partial charge in [-0.2, -0.15) is 0 Å². The zero-order valence-corrected chi connectivity index (χ0v) is 16.8. The van der Waals surface area contributed by atoms with Gasteiger partial charge in [0.05, 0.1) is 7.11 Å². The molecule has 0 aromatic heterocycles. The average Bonchev–Trinajstić information content (AvgIpc) is 2.27. The van der Waals surface area contributed by atoms with Crippen molar-refractivity contribution in [3.8, 4) is 0 Å². The molecule has 0 aliphatic heterocycles. The molecule has 0 rings (SSSR count). The first-order valence-electron chi connectivity index (χ1n) is 7.59. The van der Waals surface area contributed by atoms with Crippen molar-refractivity contribution in [3.05, 3.63) is 12.2 Å². The summed E-state index contributed by atoms with van der Waals surface area (Å²) >= 11 is 0. The highest BCUT2D eigenvalue weighted by atomic mass is 28.4. The SMILES string of the molecule is COC(=O)C=CC(=O)O[Si](C(C)(C)C)(C(C)(C)C)C(C)(C)C. The van der Waals surface area contributed by atoms with Crippen molar-refractivity contribution in [2.75, 3.05) is 7.11 Å². The van der Waals surface area contributed by atoms with E-state index in [9.17, 15) is 9.59 Å². The number of ether oxygens (including phenoxy) is 1. The van der Waals surface area contributed by atoms with Crippen LogP contribution < -0.4 is 0 Å². The van der Waals surface area contributed by atoms with E-state index in [2.05, 4.69) is 67.1 Å². The summed E-state index contributed by atoms with van der Waals surface area (Å²) in [5.41, 5.74) is 0. The number of hydrogen-bond acceptors (Lipinski definition) is 4. The number of carbonyl (C=O) groups excluding carboxylic acids is 2. The van der Waals surface area contributed by atoms with Crippen LogP contribution in [-0.4, -0.2) is 27.4 Å². The van der Waals surface area contributed by atoms with E-state index in [0.29, 0.717) is 0 Å². The molecular formula is C17H32O4Si. The predicted molar refractivity (Wildman–Crippen MR) is 92.1 cm³/mol. The highest BCUT2D eigenvalue weighted by Gasteiger charge is 2.64. The van der Waals surface area contributed by atoms with Crippen LogP contribution in [0.4, 0.5) is 0 Å². The third kappa shape index (κ3) is 4.21. The van der Waals surface area contributed by atoms with Crippen LogP contribution in [0.3, 0.4) is 0 Å². The Morgan fingerprint density at radius 3 is 1.32 bits per heavy atom. The summed E-state index contributed by atoms with van der Waals surface area (Å²) in [5.74, 6) is -1.04. The van der Waals surface area contributed by atoms with Gasteiger partial charge < -0.3 is 9.16 Å². The maximum Gasteiger partial charge on any atom is 0.330 e. The fourth-order valence-corrected chi connectivity index (χ4v) is 12.3. The number of esters is 1. The van der Waals surface area contributed by atoms with Crippen molar-refractivity contribution in [1.82, 2.24) is 0 Å². The van der Waals surface area contributed by atoms with Crippen LogP contribution in [0.25, 0.3) is 0 Å². The molecule has 0 heterocycles. The predicted octanol–water partition coefficient (Wildman–Crippen LogP) is 4.60. The molecule has 5 heteroatoms. The summed E-state index contributed by atoms with van der Waals surface area (Å²) in [7, 11) is -1.32. The van der Waals surface area contributed by atoms with Gasteiger partial charge >= 0.3 is 11.9 Å². The van der Waals surface area contributed by atoms with Crippen LogP contribution in [0.1, 0.15) is 62.3 Å². The fourth-order valence-electron chi connectivity index (χ4n) is 4.22. The fraction of sp³-hybridized carbons (Fsp3) is 0.765. The lowest BCUT2D eigenvalue weighted by Crippen LogP contribution is -2.61. The van der Waals surface area contributed by atoms with Crippen LogP contribution in [0.2, 0.25) is 15.1 Å². The van der Waals surface area contributed by atoms with Gasteiger partial charge in [0, 0.05) is 12.2 Å². The molecule has 0 radical (unpaired) electrons. The Balaban J connectivity index is 5.88. The molecule has 22 heavy (non-hydrogen) atoms. The van der Waals surface area contributed by atoms with E-state index in [0.717, 1.165) is 12.2 Å². The molecule has 0 spiro atoms. The van der Waals surface area contributed by atoms with Crippen LogP contribution in [0.15, 0.2) is 12.2 Å². The lowest BCUT2D eigenvalue weighted by Gasteiger charge is -2.56. The van der Waals surface area contributed by atoms with Gasteiger partial charge in [-0.25, -0.2) is 9.59 Å². The van der Waals surface area contributed by atoms with Gasteiger partial charge in [0.1, 0.15) is 0 Å². The summed E-state index contributed by atoms with van der Waals surface area (Å²) in [6, 6.07) is 0. The second-order valence-electron chi connectivity index (χ2n) is 8.71. The van der Waals surface area contributed by atoms with Gasteiger partial charge in [-0.3, -0.25) is 0 Å². The van der Waals surface area contributed by atoms with Crippen LogP contribution in [0, 0.1) is 0 Å². The van der Waals surface area contributed by atoms with Gasteiger partial charge in [-0.15, -0.1) is 0 Å². The molecule has 0 aromatic carbocycles. The van der Waals surface area contributed by atoms with Gasteiger partial charge in [0.25, 0.3) is 8.32 Å². The standard InChI is InChI=1S/C17H32O4Si/c1-15(2,3)22(16(4,5)6,17(7,8)9)21-14(19)12-11-13(18)20-10/h11-12H,1-10H3. The highest BCUT2D eigenvalue weighted by Crippen LogP contribution is 2.62. The minimum Gasteiger partial charge on any atom is -0.514 e. The van der Waals surface area contributed by atoms with E-state index in [-0.39, 0.29) is 15.1 Å². The molecular weight excluding hydrogens is 296 g/mol. The normalized spacial score (nSPS) is 14.1. The van der Waals surface area contributed by atoms with Crippen molar-refractivity contribution in [3.63, 3.8) is 0 Å². The lowest BCUT2D eigenvalue weighted by atomic mass is 10.2. The zero-order valence-electron chi connectivity index (χ0n) is 15.8. The van der Waals surface area contributed by atoms with E-state index in [1.54, 1.807) is 0 Å². The third-order valence-corrected chi connectivity index (χ3v) is 10.8. The smallest absolute Gasteiger partial charge is 0.330 e. The zero-order chi connectivity index (χ0) is 18.0. The molecule has 0 unspecified atom stereocenters. The molecule has 4 nitrogen and oxygen atoms in total. The summed E-state index contributed by atoms with van der Waals surface area (Å²) in [6.07, 6.45) is 2.27. The molecule has 0 fully saturated rings. The Morgan fingerprint density at radius 1 is 0.727 bits per heavy atom. The Bertz CT molecular complexity index is 409. The molecule has 0 saturated heterocycles. The topological polar surface area (TPSA) is 52.6 Å². The average molecular weight is 329 g/mol. The van der Waals surface area contributed by atoms with E-state index < -0.39 is 20.3 Å². The third-order valence-electron chi connectivity index (χ3n) is 3.98. The largest absolute Gasteiger partial charge is 0.514 e. The first-order chi connectivity index (χ1) is 9.60. The second kappa shape index (κ2) is 6.57. The number of hydrogen-bond donors (Lipinski definition) is 0. The Hall–Kier alpha value is -1.10.